The van der Waals surface area contributed by atoms with Crippen molar-refractivity contribution in [1.82, 2.24) is 19.9 Å². The van der Waals surface area contributed by atoms with Crippen molar-refractivity contribution < 1.29 is 127 Å². The van der Waals surface area contributed by atoms with Gasteiger partial charge in [0.1, 0.15) is 0 Å². The third-order valence-electron chi connectivity index (χ3n) is 11.0. The number of carbonyl (C=O) groups is 1. The minimum atomic E-state index is -0.720. The number of rotatable bonds is 11. The molecule has 0 aliphatic heterocycles. The average molecular weight is 1860 g/mol. The molecule has 6 aromatic carbocycles. The molecule has 0 aliphatic carbocycles. The minimum Gasteiger partial charge on any atom is -0.512 e. The van der Waals surface area contributed by atoms with Gasteiger partial charge in [0.25, 0.3) is 0 Å². The molecule has 20 heteroatoms. The molecule has 0 amide bonds. The number of para-hydroxylation sites is 2. The van der Waals surface area contributed by atoms with Crippen molar-refractivity contribution in [2.45, 2.75) is 27.1 Å². The zero-order valence-corrected chi connectivity index (χ0v) is 55.1. The molecular formula is C65H52F6Ir4N6O4-4. The molecule has 10 rings (SSSR count). The molecule has 0 aliphatic rings. The van der Waals surface area contributed by atoms with E-state index in [2.05, 4.69) is 73.4 Å². The summed E-state index contributed by atoms with van der Waals surface area (Å²) in [5.41, 5.74) is 9.31. The van der Waals surface area contributed by atoms with Crippen molar-refractivity contribution in [2.75, 3.05) is 23.9 Å². The van der Waals surface area contributed by atoms with Crippen molar-refractivity contribution in [2.24, 2.45) is 0 Å². The summed E-state index contributed by atoms with van der Waals surface area (Å²) in [5, 5.41) is 26.2. The molecule has 4 heterocycles. The van der Waals surface area contributed by atoms with Gasteiger partial charge in [-0.25, -0.2) is 0 Å². The fraction of sp³-hybridized carbons (Fsp3) is 0.0923. The molecule has 0 saturated heterocycles. The predicted molar refractivity (Wildman–Crippen MR) is 302 cm³/mol. The van der Waals surface area contributed by atoms with E-state index in [0.29, 0.717) is 22.5 Å². The van der Waals surface area contributed by atoms with Gasteiger partial charge in [0.2, 0.25) is 0 Å². The second-order valence-corrected chi connectivity index (χ2v) is 17.4. The van der Waals surface area contributed by atoms with Gasteiger partial charge in [-0.05, 0) is 96.3 Å². The zero-order chi connectivity index (χ0) is 58.3. The van der Waals surface area contributed by atoms with Crippen molar-refractivity contribution in [3.8, 4) is 45.0 Å². The molecule has 3 N–H and O–H groups in total. The van der Waals surface area contributed by atoms with Crippen LogP contribution >= 0.6 is 0 Å². The van der Waals surface area contributed by atoms with E-state index < -0.39 is 23.3 Å². The number of aliphatic hydroxyl groups excluding tert-OH is 3. The molecule has 0 spiro atoms. The van der Waals surface area contributed by atoms with Crippen LogP contribution in [0, 0.1) is 59.2 Å². The van der Waals surface area contributed by atoms with Gasteiger partial charge in [-0.1, -0.05) is 83.9 Å². The molecule has 10 nitrogen and oxygen atoms in total. The summed E-state index contributed by atoms with van der Waals surface area (Å²) >= 11 is 0. The van der Waals surface area contributed by atoms with Crippen LogP contribution in [0.15, 0.2) is 206 Å². The minimum absolute atomic E-state index is 0. The van der Waals surface area contributed by atoms with Crippen LogP contribution in [0.3, 0.4) is 0 Å². The van der Waals surface area contributed by atoms with E-state index in [4.69, 9.17) is 15.3 Å². The SMILES string of the molecule is CC(=O)C=C(C)O.CN(C)c1ccnc(-c2[c-]cc(F)cc2)c1.Fc1c[c-]c(-c2cc(N(c3ccccc3)c3ccccc3)ccn2)cc1.OCc1ccnc(-c2[c-]cc(F)cc2F)c1.OCc1ccnc(-c2[c-]cc(F)cc2F)c1.[Ir].[Ir].[Ir].[Ir]. The average Bonchev–Trinajstić information content (AvgIpc) is 3.68. The first kappa shape index (κ1) is 73.9. The molecule has 0 saturated carbocycles. The van der Waals surface area contributed by atoms with Gasteiger partial charge in [-0.2, -0.15) is 0 Å². The van der Waals surface area contributed by atoms with Crippen LogP contribution in [0.1, 0.15) is 25.0 Å². The van der Waals surface area contributed by atoms with Crippen molar-refractivity contribution in [1.29, 1.82) is 0 Å². The van der Waals surface area contributed by atoms with Gasteiger partial charge in [0.15, 0.2) is 5.78 Å². The topological polar surface area (TPSA) is 136 Å². The van der Waals surface area contributed by atoms with Gasteiger partial charge in [-0.3, -0.25) is 31.1 Å². The number of anilines is 4. The van der Waals surface area contributed by atoms with Crippen LogP contribution in [-0.4, -0.2) is 55.1 Å². The number of allylic oxidation sites excluding steroid dienone is 2. The van der Waals surface area contributed by atoms with Gasteiger partial charge < -0.3 is 45.1 Å². The van der Waals surface area contributed by atoms with E-state index in [1.165, 1.54) is 68.7 Å². The van der Waals surface area contributed by atoms with Crippen LogP contribution in [0.4, 0.5) is 49.1 Å². The summed E-state index contributed by atoms with van der Waals surface area (Å²) in [6.45, 7) is 2.54. The second-order valence-electron chi connectivity index (χ2n) is 17.4. The van der Waals surface area contributed by atoms with Crippen molar-refractivity contribution in [3.63, 3.8) is 0 Å². The number of hydrogen-bond donors (Lipinski definition) is 3. The fourth-order valence-corrected chi connectivity index (χ4v) is 7.28. The Balaban J connectivity index is 0.000000375. The van der Waals surface area contributed by atoms with Gasteiger partial charge in [-0.15, -0.1) is 83.9 Å². The summed E-state index contributed by atoms with van der Waals surface area (Å²) in [6.07, 6.45) is 7.58. The second kappa shape index (κ2) is 38.0. The van der Waals surface area contributed by atoms with Crippen LogP contribution in [0.2, 0.25) is 0 Å². The third-order valence-corrected chi connectivity index (χ3v) is 11.0. The summed E-state index contributed by atoms with van der Waals surface area (Å²) in [6, 6.07) is 57.7. The van der Waals surface area contributed by atoms with E-state index in [0.717, 1.165) is 69.5 Å². The molecule has 4 radical (unpaired) electrons. The van der Waals surface area contributed by atoms with Crippen LogP contribution < -0.4 is 9.80 Å². The van der Waals surface area contributed by atoms with Crippen molar-refractivity contribution in [3.05, 3.63) is 277 Å². The molecule has 0 fully saturated rings. The largest absolute Gasteiger partial charge is 0.512 e. The van der Waals surface area contributed by atoms with E-state index in [-0.39, 0.29) is 128 Å². The Morgan fingerprint density at radius 2 is 0.835 bits per heavy atom. The van der Waals surface area contributed by atoms with E-state index in [1.807, 2.05) is 79.7 Å². The molecule has 0 bridgehead atoms. The molecule has 0 unspecified atom stereocenters. The monoisotopic (exact) mass is 1870 g/mol. The zero-order valence-electron chi connectivity index (χ0n) is 45.5. The Labute approximate surface area is 543 Å². The molecule has 0 atom stereocenters. The van der Waals surface area contributed by atoms with Crippen LogP contribution in [-0.2, 0) is 98.4 Å². The van der Waals surface area contributed by atoms with Crippen LogP contribution in [0.5, 0.6) is 0 Å². The Hall–Kier alpha value is -7.17. The first-order valence-electron chi connectivity index (χ1n) is 24.6. The number of ketones is 1. The van der Waals surface area contributed by atoms with Crippen molar-refractivity contribution >= 4 is 28.5 Å². The molecule has 85 heavy (non-hydrogen) atoms. The number of halogens is 6. The van der Waals surface area contributed by atoms with Gasteiger partial charge in [0, 0.05) is 183 Å². The quantitative estimate of drug-likeness (QED) is 0.0497. The Kier molecular flexibility index (Phi) is 33.0. The first-order valence-corrected chi connectivity index (χ1v) is 24.6. The van der Waals surface area contributed by atoms with E-state index in [9.17, 15) is 31.1 Å². The normalized spacial score (nSPS) is 10.0. The maximum atomic E-state index is 13.4. The number of nitrogens with zero attached hydrogens (tertiary/aromatic N) is 6. The number of aromatic nitrogens is 4. The third kappa shape index (κ3) is 23.7. The van der Waals surface area contributed by atoms with Crippen LogP contribution in [0.25, 0.3) is 45.0 Å². The number of benzene rings is 6. The maximum absolute atomic E-state index is 13.4. The Morgan fingerprint density at radius 1 is 0.459 bits per heavy atom. The molecule has 10 aromatic rings. The number of pyridine rings is 4. The van der Waals surface area contributed by atoms with Gasteiger partial charge >= 0.3 is 0 Å². The molecule has 448 valence electrons. The summed E-state index contributed by atoms with van der Waals surface area (Å²) in [5.74, 6) is -3.45. The summed E-state index contributed by atoms with van der Waals surface area (Å²) in [4.78, 5) is 30.7. The Morgan fingerprint density at radius 3 is 1.18 bits per heavy atom. The first-order chi connectivity index (χ1) is 39.0. The maximum Gasteiger partial charge on any atom is 0.155 e. The standard InChI is InChI=1S/C23H16FN2.C13H12FN2.2C12H8F2NO.C5H8O2.4Ir/c24-19-13-11-18(12-14-19)23-17-22(15-16-25-23)26(20-7-3-1-4-8-20)21-9-5-2-6-10-21;1-16(2)12-7-8-15-13(9-12)10-3-5-11(14)6-4-10;2*13-9-1-2-10(11(14)6-9)12-5-8(7-16)3-4-15-12;1-4(6)3-5(2)7;;;;/h1-11,13-17H;3,5-9H,1-2H3;2*1,3-6,16H,7H2;3,6H,1-2H3;;;;/q4*-1;;;;;. The molecular weight excluding hydrogens is 1810 g/mol. The summed E-state index contributed by atoms with van der Waals surface area (Å²) < 4.78 is 78.1. The van der Waals surface area contributed by atoms with Gasteiger partial charge in [0.05, 0.1) is 19.0 Å². The fourth-order valence-electron chi connectivity index (χ4n) is 7.28. The number of hydrogen-bond acceptors (Lipinski definition) is 10. The van der Waals surface area contributed by atoms with E-state index in [1.54, 1.807) is 36.7 Å². The smallest absolute Gasteiger partial charge is 0.155 e. The number of carbonyl (C=O) groups excluding carboxylic acids is 1. The van der Waals surface area contributed by atoms with E-state index >= 15 is 0 Å². The molecule has 4 aromatic heterocycles. The Bertz CT molecular complexity index is 3520. The summed E-state index contributed by atoms with van der Waals surface area (Å²) in [7, 11) is 3.93. The number of aliphatic hydroxyl groups is 3. The predicted octanol–water partition coefficient (Wildman–Crippen LogP) is 14.6.